The lowest BCUT2D eigenvalue weighted by molar-refractivity contribution is -0.138. The van der Waals surface area contributed by atoms with Gasteiger partial charge in [0.15, 0.2) is 0 Å². The summed E-state index contributed by atoms with van der Waals surface area (Å²) in [4.78, 5) is 23.4. The maximum atomic E-state index is 12.4. The predicted molar refractivity (Wildman–Crippen MR) is 76.5 cm³/mol. The maximum Gasteiger partial charge on any atom is 0.305 e. The van der Waals surface area contributed by atoms with Crippen LogP contribution in [0, 0.1) is 0 Å². The van der Waals surface area contributed by atoms with Crippen LogP contribution >= 0.6 is 0 Å². The minimum atomic E-state index is -0.982. The average Bonchev–Trinajstić information content (AvgIpc) is 2.47. The zero-order valence-electron chi connectivity index (χ0n) is 11.7. The van der Waals surface area contributed by atoms with E-state index in [0.29, 0.717) is 26.1 Å². The Balaban J connectivity index is 2.11. The highest BCUT2D eigenvalue weighted by Gasteiger charge is 2.37. The Morgan fingerprint density at radius 3 is 2.48 bits per heavy atom. The molecular weight excluding hydrogens is 272 g/mol. The Morgan fingerprint density at radius 2 is 1.90 bits per heavy atom. The molecule has 1 fully saturated rings. The van der Waals surface area contributed by atoms with Gasteiger partial charge in [0.25, 0.3) is 0 Å². The molecule has 0 spiro atoms. The second kappa shape index (κ2) is 6.69. The third-order valence-electron chi connectivity index (χ3n) is 3.72. The largest absolute Gasteiger partial charge is 0.481 e. The number of carbonyl (C=O) groups excluding carboxylic acids is 1. The molecular formula is C15H20N2O4. The zero-order valence-corrected chi connectivity index (χ0v) is 11.7. The summed E-state index contributed by atoms with van der Waals surface area (Å²) in [5.41, 5.74) is 5.89. The van der Waals surface area contributed by atoms with Crippen molar-refractivity contribution in [1.29, 1.82) is 0 Å². The molecule has 1 heterocycles. The van der Waals surface area contributed by atoms with Crippen molar-refractivity contribution in [2.75, 3.05) is 13.2 Å². The van der Waals surface area contributed by atoms with Crippen molar-refractivity contribution in [3.05, 3.63) is 35.9 Å². The van der Waals surface area contributed by atoms with Crippen LogP contribution < -0.4 is 11.1 Å². The van der Waals surface area contributed by atoms with Gasteiger partial charge in [0.2, 0.25) is 5.91 Å². The lowest BCUT2D eigenvalue weighted by Crippen LogP contribution is -2.57. The van der Waals surface area contributed by atoms with E-state index in [9.17, 15) is 9.59 Å². The third kappa shape index (κ3) is 4.03. The Hall–Kier alpha value is -1.92. The van der Waals surface area contributed by atoms with Crippen molar-refractivity contribution in [3.8, 4) is 0 Å². The monoisotopic (exact) mass is 292 g/mol. The number of aliphatic carboxylic acids is 1. The number of amides is 1. The summed E-state index contributed by atoms with van der Waals surface area (Å²) in [5.74, 6) is -1.29. The number of benzene rings is 1. The molecule has 1 aliphatic heterocycles. The van der Waals surface area contributed by atoms with Crippen molar-refractivity contribution < 1.29 is 19.4 Å². The number of ether oxygens (including phenoxy) is 1. The first-order valence-electron chi connectivity index (χ1n) is 6.95. The number of nitrogens with one attached hydrogen (secondary N) is 1. The molecule has 4 N–H and O–H groups in total. The zero-order chi connectivity index (χ0) is 15.3. The number of nitrogens with two attached hydrogens (primary N) is 1. The Bertz CT molecular complexity index is 498. The predicted octanol–water partition coefficient (Wildman–Crippen LogP) is 0.827. The second-order valence-corrected chi connectivity index (χ2v) is 5.30. The van der Waals surface area contributed by atoms with E-state index in [2.05, 4.69) is 5.32 Å². The molecule has 6 heteroatoms. The van der Waals surface area contributed by atoms with Crippen LogP contribution in [-0.2, 0) is 14.3 Å². The average molecular weight is 292 g/mol. The van der Waals surface area contributed by atoms with Crippen LogP contribution in [0.3, 0.4) is 0 Å². The maximum absolute atomic E-state index is 12.4. The summed E-state index contributed by atoms with van der Waals surface area (Å²) < 4.78 is 5.22. The first kappa shape index (κ1) is 15.5. The molecule has 1 unspecified atom stereocenters. The van der Waals surface area contributed by atoms with E-state index < -0.39 is 17.6 Å². The van der Waals surface area contributed by atoms with Crippen molar-refractivity contribution in [2.24, 2.45) is 5.73 Å². The fourth-order valence-electron chi connectivity index (χ4n) is 2.38. The smallest absolute Gasteiger partial charge is 0.305 e. The highest BCUT2D eigenvalue weighted by Crippen LogP contribution is 2.22. The first-order chi connectivity index (χ1) is 10.0. The van der Waals surface area contributed by atoms with Crippen molar-refractivity contribution in [1.82, 2.24) is 5.32 Å². The van der Waals surface area contributed by atoms with E-state index in [1.54, 1.807) is 12.1 Å². The molecule has 2 rings (SSSR count). The summed E-state index contributed by atoms with van der Waals surface area (Å²) in [5, 5.41) is 11.8. The van der Waals surface area contributed by atoms with Gasteiger partial charge in [-0.25, -0.2) is 0 Å². The normalized spacial score (nSPS) is 18.7. The summed E-state index contributed by atoms with van der Waals surface area (Å²) in [6.07, 6.45) is 0.698. The van der Waals surface area contributed by atoms with Crippen LogP contribution in [0.15, 0.2) is 30.3 Å². The quantitative estimate of drug-likeness (QED) is 0.746. The summed E-state index contributed by atoms with van der Waals surface area (Å²) >= 11 is 0. The van der Waals surface area contributed by atoms with E-state index >= 15 is 0 Å². The topological polar surface area (TPSA) is 102 Å². The van der Waals surface area contributed by atoms with Gasteiger partial charge >= 0.3 is 5.97 Å². The van der Waals surface area contributed by atoms with E-state index in [1.165, 1.54) is 0 Å². The molecule has 0 aromatic heterocycles. The van der Waals surface area contributed by atoms with Gasteiger partial charge in [0.1, 0.15) is 0 Å². The summed E-state index contributed by atoms with van der Waals surface area (Å²) in [6, 6.07) is 8.46. The van der Waals surface area contributed by atoms with Gasteiger partial charge in [-0.2, -0.15) is 0 Å². The highest BCUT2D eigenvalue weighted by molar-refractivity contribution is 5.87. The Kier molecular flexibility index (Phi) is 4.93. The number of hydrogen-bond donors (Lipinski definition) is 3. The van der Waals surface area contributed by atoms with E-state index in [-0.39, 0.29) is 12.3 Å². The number of rotatable bonds is 5. The number of hydrogen-bond acceptors (Lipinski definition) is 4. The van der Waals surface area contributed by atoms with Crippen LogP contribution in [0.1, 0.15) is 30.9 Å². The van der Waals surface area contributed by atoms with Crippen LogP contribution in [0.5, 0.6) is 0 Å². The molecule has 0 bridgehead atoms. The van der Waals surface area contributed by atoms with E-state index in [0.717, 1.165) is 5.56 Å². The van der Waals surface area contributed by atoms with Gasteiger partial charge in [-0.1, -0.05) is 30.3 Å². The van der Waals surface area contributed by atoms with Crippen molar-refractivity contribution in [3.63, 3.8) is 0 Å². The van der Waals surface area contributed by atoms with E-state index in [4.69, 9.17) is 15.6 Å². The Labute approximate surface area is 123 Å². The van der Waals surface area contributed by atoms with Gasteiger partial charge in [0, 0.05) is 13.2 Å². The van der Waals surface area contributed by atoms with Crippen LogP contribution in [0.25, 0.3) is 0 Å². The van der Waals surface area contributed by atoms with E-state index in [1.807, 2.05) is 18.2 Å². The second-order valence-electron chi connectivity index (χ2n) is 5.30. The number of carbonyl (C=O) groups is 2. The van der Waals surface area contributed by atoms with Crippen molar-refractivity contribution in [2.45, 2.75) is 30.8 Å². The molecule has 0 aliphatic carbocycles. The lowest BCUT2D eigenvalue weighted by Gasteiger charge is -2.33. The van der Waals surface area contributed by atoms with Gasteiger partial charge < -0.3 is 20.9 Å². The minimum absolute atomic E-state index is 0.178. The van der Waals surface area contributed by atoms with Gasteiger partial charge in [0.05, 0.1) is 18.0 Å². The molecule has 1 aromatic carbocycles. The molecule has 1 amide bonds. The van der Waals surface area contributed by atoms with Crippen molar-refractivity contribution >= 4 is 11.9 Å². The molecule has 114 valence electrons. The molecule has 21 heavy (non-hydrogen) atoms. The summed E-state index contributed by atoms with van der Waals surface area (Å²) in [7, 11) is 0. The highest BCUT2D eigenvalue weighted by atomic mass is 16.5. The number of carboxylic acids is 1. The first-order valence-corrected chi connectivity index (χ1v) is 6.95. The fraction of sp³-hybridized carbons (Fsp3) is 0.467. The van der Waals surface area contributed by atoms with Crippen LogP contribution in [0.4, 0.5) is 0 Å². The molecule has 6 nitrogen and oxygen atoms in total. The van der Waals surface area contributed by atoms with Gasteiger partial charge in [-0.3, -0.25) is 9.59 Å². The molecule has 1 atom stereocenters. The molecule has 1 saturated heterocycles. The Morgan fingerprint density at radius 1 is 1.29 bits per heavy atom. The molecule has 1 aromatic rings. The third-order valence-corrected chi connectivity index (χ3v) is 3.72. The SMILES string of the molecule is NC1(C(=O)NC(CC(=O)O)c2ccccc2)CCOCC1. The van der Waals surface area contributed by atoms with Gasteiger partial charge in [-0.05, 0) is 18.4 Å². The number of carboxylic acid groups (broad SMARTS) is 1. The standard InChI is InChI=1S/C15H20N2O4/c16-15(6-8-21-9-7-15)14(20)17-12(10-13(18)19)11-4-2-1-3-5-11/h1-5,12H,6-10,16H2,(H,17,20)(H,18,19). The van der Waals surface area contributed by atoms with Gasteiger partial charge in [-0.15, -0.1) is 0 Å². The molecule has 0 radical (unpaired) electrons. The van der Waals surface area contributed by atoms with Crippen LogP contribution in [-0.4, -0.2) is 35.7 Å². The lowest BCUT2D eigenvalue weighted by atomic mass is 9.89. The molecule has 1 aliphatic rings. The van der Waals surface area contributed by atoms with Crippen LogP contribution in [0.2, 0.25) is 0 Å². The molecule has 0 saturated carbocycles. The summed E-state index contributed by atoms with van der Waals surface area (Å²) in [6.45, 7) is 0.887. The fourth-order valence-corrected chi connectivity index (χ4v) is 2.38. The minimum Gasteiger partial charge on any atom is -0.481 e.